The van der Waals surface area contributed by atoms with Gasteiger partial charge in [0.1, 0.15) is 6.04 Å². The van der Waals surface area contributed by atoms with E-state index in [2.05, 4.69) is 33.4 Å². The highest BCUT2D eigenvalue weighted by molar-refractivity contribution is 5.97. The van der Waals surface area contributed by atoms with Crippen molar-refractivity contribution in [3.8, 4) is 0 Å². The summed E-state index contributed by atoms with van der Waals surface area (Å²) < 4.78 is 4.76. The molecule has 7 nitrogen and oxygen atoms in total. The maximum atomic E-state index is 12.5. The Balaban J connectivity index is 2.22. The molecule has 2 aromatic heterocycles. The van der Waals surface area contributed by atoms with Gasteiger partial charge in [0.25, 0.3) is 5.91 Å². The maximum absolute atomic E-state index is 12.5. The van der Waals surface area contributed by atoms with E-state index in [1.54, 1.807) is 18.3 Å². The average Bonchev–Trinajstić information content (AvgIpc) is 3.12. The first-order chi connectivity index (χ1) is 11.6. The van der Waals surface area contributed by atoms with Gasteiger partial charge in [-0.1, -0.05) is 13.2 Å². The number of pyridine rings is 1. The summed E-state index contributed by atoms with van der Waals surface area (Å²) in [6, 6.07) is 2.33. The second-order valence-corrected chi connectivity index (χ2v) is 4.94. The van der Waals surface area contributed by atoms with Gasteiger partial charge in [0, 0.05) is 23.9 Å². The molecule has 0 aromatic carbocycles. The lowest BCUT2D eigenvalue weighted by molar-refractivity contribution is -0.142. The second-order valence-electron chi connectivity index (χ2n) is 4.94. The quantitative estimate of drug-likeness (QED) is 0.753. The van der Waals surface area contributed by atoms with E-state index in [1.807, 2.05) is 0 Å². The Bertz CT molecular complexity index is 727. The van der Waals surface area contributed by atoms with Crippen molar-refractivity contribution in [2.45, 2.75) is 12.5 Å². The third-order valence-electron chi connectivity index (χ3n) is 3.32. The van der Waals surface area contributed by atoms with Crippen LogP contribution in [0, 0.1) is 0 Å². The Morgan fingerprint density at radius 2 is 2.00 bits per heavy atom. The fourth-order valence-corrected chi connectivity index (χ4v) is 2.11. The number of nitrogens with zero attached hydrogens (tertiary/aromatic N) is 2. The van der Waals surface area contributed by atoms with Gasteiger partial charge >= 0.3 is 5.97 Å². The highest BCUT2D eigenvalue weighted by Crippen LogP contribution is 2.10. The minimum Gasteiger partial charge on any atom is -0.467 e. The molecule has 0 aliphatic heterocycles. The number of H-pyrrole nitrogens is 1. The van der Waals surface area contributed by atoms with Crippen LogP contribution < -0.4 is 5.32 Å². The van der Waals surface area contributed by atoms with Crippen molar-refractivity contribution in [3.05, 3.63) is 60.5 Å². The lowest BCUT2D eigenvalue weighted by atomic mass is 10.1. The van der Waals surface area contributed by atoms with Crippen LogP contribution in [0.1, 0.15) is 27.4 Å². The molecule has 0 saturated heterocycles. The van der Waals surface area contributed by atoms with Crippen molar-refractivity contribution in [2.24, 2.45) is 0 Å². The molecule has 0 unspecified atom stereocenters. The van der Waals surface area contributed by atoms with Crippen LogP contribution in [0.2, 0.25) is 0 Å². The van der Waals surface area contributed by atoms with E-state index >= 15 is 0 Å². The van der Waals surface area contributed by atoms with Crippen LogP contribution in [0.25, 0.3) is 12.2 Å². The Morgan fingerprint density at radius 1 is 1.33 bits per heavy atom. The van der Waals surface area contributed by atoms with Gasteiger partial charge in [-0.05, 0) is 24.3 Å². The Hall–Kier alpha value is -3.22. The maximum Gasteiger partial charge on any atom is 0.328 e. The largest absolute Gasteiger partial charge is 0.467 e. The highest BCUT2D eigenvalue weighted by Gasteiger charge is 2.23. The summed E-state index contributed by atoms with van der Waals surface area (Å²) in [6.07, 6.45) is 6.39. The first-order valence-electron chi connectivity index (χ1n) is 7.20. The first-order valence-corrected chi connectivity index (χ1v) is 7.20. The van der Waals surface area contributed by atoms with Crippen molar-refractivity contribution >= 4 is 24.0 Å². The number of methoxy groups -OCH3 is 1. The third kappa shape index (κ3) is 4.16. The molecule has 124 valence electrons. The minimum absolute atomic E-state index is 0.242. The number of carbonyl (C=O) groups excluding carboxylic acids is 2. The molecular formula is C17H18N4O3. The van der Waals surface area contributed by atoms with E-state index in [-0.39, 0.29) is 6.42 Å². The summed E-state index contributed by atoms with van der Waals surface area (Å²) >= 11 is 0. The van der Waals surface area contributed by atoms with Crippen LogP contribution in [0.15, 0.2) is 37.8 Å². The van der Waals surface area contributed by atoms with Gasteiger partial charge in [-0.3, -0.25) is 4.79 Å². The summed E-state index contributed by atoms with van der Waals surface area (Å²) in [5, 5.41) is 2.67. The number of amides is 1. The van der Waals surface area contributed by atoms with Crippen molar-refractivity contribution < 1.29 is 14.3 Å². The number of rotatable bonds is 7. The SMILES string of the molecule is C=Cc1cc(C(=O)N[C@H](Cc2cnc[nH]2)C(=O)OC)cc(C=C)n1. The lowest BCUT2D eigenvalue weighted by Gasteiger charge is -2.16. The van der Waals surface area contributed by atoms with Gasteiger partial charge in [-0.25, -0.2) is 14.8 Å². The minimum atomic E-state index is -0.838. The zero-order chi connectivity index (χ0) is 17.5. The van der Waals surface area contributed by atoms with Crippen LogP contribution >= 0.6 is 0 Å². The molecule has 0 bridgehead atoms. The predicted octanol–water partition coefficient (Wildman–Crippen LogP) is 1.60. The predicted molar refractivity (Wildman–Crippen MR) is 90.0 cm³/mol. The number of hydrogen-bond donors (Lipinski definition) is 2. The molecule has 0 saturated carbocycles. The van der Waals surface area contributed by atoms with Gasteiger partial charge in [-0.2, -0.15) is 0 Å². The number of esters is 1. The van der Waals surface area contributed by atoms with Gasteiger partial charge in [0.2, 0.25) is 0 Å². The van der Waals surface area contributed by atoms with E-state index < -0.39 is 17.9 Å². The molecule has 2 aromatic rings. The monoisotopic (exact) mass is 326 g/mol. The lowest BCUT2D eigenvalue weighted by Crippen LogP contribution is -2.43. The molecule has 1 atom stereocenters. The zero-order valence-corrected chi connectivity index (χ0v) is 13.3. The smallest absolute Gasteiger partial charge is 0.328 e. The number of aromatic amines is 1. The summed E-state index contributed by atoms with van der Waals surface area (Å²) in [5.41, 5.74) is 2.15. The van der Waals surface area contributed by atoms with E-state index in [4.69, 9.17) is 4.74 Å². The number of imidazole rings is 1. The van der Waals surface area contributed by atoms with Crippen LogP contribution in [0.5, 0.6) is 0 Å². The van der Waals surface area contributed by atoms with E-state index in [0.29, 0.717) is 22.6 Å². The molecule has 0 spiro atoms. The topological polar surface area (TPSA) is 97.0 Å². The zero-order valence-electron chi connectivity index (χ0n) is 13.3. The van der Waals surface area contributed by atoms with Crippen LogP contribution in [0.3, 0.4) is 0 Å². The number of nitrogens with one attached hydrogen (secondary N) is 2. The molecular weight excluding hydrogens is 308 g/mol. The van der Waals surface area contributed by atoms with Gasteiger partial charge < -0.3 is 15.0 Å². The van der Waals surface area contributed by atoms with Gasteiger partial charge in [0.15, 0.2) is 0 Å². The molecule has 0 aliphatic rings. The number of ether oxygens (including phenoxy) is 1. The van der Waals surface area contributed by atoms with Crippen LogP contribution in [-0.4, -0.2) is 40.0 Å². The van der Waals surface area contributed by atoms with Crippen LogP contribution in [-0.2, 0) is 16.0 Å². The fourth-order valence-electron chi connectivity index (χ4n) is 2.11. The highest BCUT2D eigenvalue weighted by atomic mass is 16.5. The van der Waals surface area contributed by atoms with Crippen molar-refractivity contribution in [1.29, 1.82) is 0 Å². The van der Waals surface area contributed by atoms with Crippen molar-refractivity contribution in [3.63, 3.8) is 0 Å². The Labute approximate surface area is 139 Å². The molecule has 1 amide bonds. The summed E-state index contributed by atoms with van der Waals surface area (Å²) in [7, 11) is 1.27. The van der Waals surface area contributed by atoms with E-state index in [9.17, 15) is 9.59 Å². The first kappa shape index (κ1) is 17.1. The number of carbonyl (C=O) groups is 2. The number of aromatic nitrogens is 3. The Kier molecular flexibility index (Phi) is 5.62. The molecule has 2 heterocycles. The molecule has 0 fully saturated rings. The molecule has 0 aliphatic carbocycles. The van der Waals surface area contributed by atoms with E-state index in [1.165, 1.54) is 25.6 Å². The molecule has 7 heteroatoms. The number of hydrogen-bond acceptors (Lipinski definition) is 5. The molecule has 24 heavy (non-hydrogen) atoms. The van der Waals surface area contributed by atoms with Gasteiger partial charge in [-0.15, -0.1) is 0 Å². The summed E-state index contributed by atoms with van der Waals surface area (Å²) in [6.45, 7) is 7.29. The molecule has 2 N–H and O–H groups in total. The standard InChI is InChI=1S/C17H18N4O3/c1-4-12-6-11(7-13(5-2)20-12)16(22)21-15(17(23)24-3)8-14-9-18-10-19-14/h4-7,9-10,15H,1-2,8H2,3H3,(H,18,19)(H,21,22)/t15-/m1/s1. The second kappa shape index (κ2) is 7.87. The normalized spacial score (nSPS) is 11.4. The fraction of sp³-hybridized carbons (Fsp3) is 0.176. The summed E-state index contributed by atoms with van der Waals surface area (Å²) in [5.74, 6) is -0.960. The Morgan fingerprint density at radius 3 is 2.50 bits per heavy atom. The summed E-state index contributed by atoms with van der Waals surface area (Å²) in [4.78, 5) is 35.4. The van der Waals surface area contributed by atoms with Crippen molar-refractivity contribution in [2.75, 3.05) is 7.11 Å². The average molecular weight is 326 g/mol. The van der Waals surface area contributed by atoms with Gasteiger partial charge in [0.05, 0.1) is 24.8 Å². The van der Waals surface area contributed by atoms with E-state index in [0.717, 1.165) is 0 Å². The molecule has 0 radical (unpaired) electrons. The molecule has 2 rings (SSSR count). The third-order valence-corrected chi connectivity index (χ3v) is 3.32. The van der Waals surface area contributed by atoms with Crippen molar-refractivity contribution in [1.82, 2.24) is 20.3 Å². The van der Waals surface area contributed by atoms with Crippen LogP contribution in [0.4, 0.5) is 0 Å².